The second-order valence-corrected chi connectivity index (χ2v) is 7.40. The Hall–Kier alpha value is -3.19. The van der Waals surface area contributed by atoms with E-state index in [1.165, 1.54) is 12.3 Å². The number of likely N-dealkylation sites (N-methyl/N-ethyl adjacent to an activating group) is 1. The zero-order valence-electron chi connectivity index (χ0n) is 16.1. The van der Waals surface area contributed by atoms with Crippen molar-refractivity contribution in [3.8, 4) is 0 Å². The summed E-state index contributed by atoms with van der Waals surface area (Å²) in [6.07, 6.45) is 1.35. The molecule has 1 aromatic heterocycles. The molecule has 0 unspecified atom stereocenters. The van der Waals surface area contributed by atoms with E-state index in [1.807, 2.05) is 42.3 Å². The molecule has 0 atom stereocenters. The molecular formula is C22H22FN3O3. The van der Waals surface area contributed by atoms with Gasteiger partial charge in [-0.05, 0) is 24.7 Å². The number of carboxylic acids is 1. The van der Waals surface area contributed by atoms with Gasteiger partial charge < -0.3 is 19.5 Å². The molecule has 1 fully saturated rings. The predicted molar refractivity (Wildman–Crippen MR) is 110 cm³/mol. The van der Waals surface area contributed by atoms with Crippen molar-refractivity contribution < 1.29 is 14.3 Å². The molecule has 0 bridgehead atoms. The predicted octanol–water partition coefficient (Wildman–Crippen LogP) is 2.64. The number of halogens is 1. The van der Waals surface area contributed by atoms with Crippen LogP contribution in [-0.2, 0) is 6.54 Å². The molecule has 1 aliphatic heterocycles. The third-order valence-electron chi connectivity index (χ3n) is 5.42. The fraction of sp³-hybridized carbons (Fsp3) is 0.273. The molecule has 0 spiro atoms. The Bertz CT molecular complexity index is 1120. The van der Waals surface area contributed by atoms with E-state index in [4.69, 9.17) is 0 Å². The van der Waals surface area contributed by atoms with Crippen LogP contribution in [0.25, 0.3) is 10.9 Å². The standard InChI is InChI=1S/C22H22FN3O3/c1-24-7-9-25(10-8-24)20-12-19-16(11-18(20)23)21(27)17(22(28)29)14-26(19)13-15-5-3-2-4-6-15/h2-6,11-12,14H,7-10,13H2,1H3,(H,28,29). The van der Waals surface area contributed by atoms with Crippen molar-refractivity contribution in [1.82, 2.24) is 9.47 Å². The maximum atomic E-state index is 14.9. The Morgan fingerprint density at radius 2 is 1.79 bits per heavy atom. The van der Waals surface area contributed by atoms with Crippen LogP contribution in [-0.4, -0.2) is 53.8 Å². The topological polar surface area (TPSA) is 65.8 Å². The number of carbonyl (C=O) groups is 1. The first-order valence-electron chi connectivity index (χ1n) is 9.51. The Morgan fingerprint density at radius 1 is 1.10 bits per heavy atom. The molecule has 1 N–H and O–H groups in total. The number of aromatic nitrogens is 1. The van der Waals surface area contributed by atoms with Gasteiger partial charge >= 0.3 is 5.97 Å². The molecule has 0 radical (unpaired) electrons. The van der Waals surface area contributed by atoms with Crippen LogP contribution in [0.3, 0.4) is 0 Å². The van der Waals surface area contributed by atoms with Gasteiger partial charge in [0.1, 0.15) is 11.4 Å². The summed E-state index contributed by atoms with van der Waals surface area (Å²) >= 11 is 0. The fourth-order valence-corrected chi connectivity index (χ4v) is 3.75. The third kappa shape index (κ3) is 3.73. The Kier molecular flexibility index (Phi) is 5.07. The van der Waals surface area contributed by atoms with Crippen LogP contribution in [0.4, 0.5) is 10.1 Å². The van der Waals surface area contributed by atoms with E-state index in [9.17, 15) is 19.1 Å². The number of piperazine rings is 1. The SMILES string of the molecule is CN1CCN(c2cc3c(cc2F)c(=O)c(C(=O)O)cn3Cc2ccccc2)CC1. The molecule has 0 aliphatic carbocycles. The van der Waals surface area contributed by atoms with Gasteiger partial charge in [0.15, 0.2) is 0 Å². The van der Waals surface area contributed by atoms with Gasteiger partial charge in [0.05, 0.1) is 11.2 Å². The molecule has 29 heavy (non-hydrogen) atoms. The van der Waals surface area contributed by atoms with Gasteiger partial charge in [0.2, 0.25) is 5.43 Å². The quantitative estimate of drug-likeness (QED) is 0.736. The summed E-state index contributed by atoms with van der Waals surface area (Å²) in [4.78, 5) is 28.4. The molecule has 2 aromatic carbocycles. The summed E-state index contributed by atoms with van der Waals surface area (Å²) in [5.74, 6) is -1.82. The molecule has 0 saturated carbocycles. The summed E-state index contributed by atoms with van der Waals surface area (Å²) in [5.41, 5.74) is 0.897. The maximum absolute atomic E-state index is 14.9. The first kappa shape index (κ1) is 19.1. The molecule has 4 rings (SSSR count). The van der Waals surface area contributed by atoms with Gasteiger partial charge in [-0.2, -0.15) is 0 Å². The molecule has 1 saturated heterocycles. The lowest BCUT2D eigenvalue weighted by Crippen LogP contribution is -2.44. The molecule has 1 aliphatic rings. The van der Waals surface area contributed by atoms with Crippen molar-refractivity contribution in [1.29, 1.82) is 0 Å². The van der Waals surface area contributed by atoms with Crippen molar-refractivity contribution >= 4 is 22.6 Å². The van der Waals surface area contributed by atoms with Crippen LogP contribution in [0.5, 0.6) is 0 Å². The summed E-state index contributed by atoms with van der Waals surface area (Å²) in [7, 11) is 2.03. The Labute approximate surface area is 167 Å². The number of hydrogen-bond donors (Lipinski definition) is 1. The number of aromatic carboxylic acids is 1. The normalized spacial score (nSPS) is 15.0. The lowest BCUT2D eigenvalue weighted by Gasteiger charge is -2.34. The van der Waals surface area contributed by atoms with Crippen LogP contribution in [0.1, 0.15) is 15.9 Å². The van der Waals surface area contributed by atoms with Crippen molar-refractivity contribution in [3.05, 3.63) is 75.8 Å². The molecule has 150 valence electrons. The number of fused-ring (bicyclic) bond motifs is 1. The van der Waals surface area contributed by atoms with Crippen molar-refractivity contribution in [2.75, 3.05) is 38.1 Å². The van der Waals surface area contributed by atoms with E-state index in [2.05, 4.69) is 4.90 Å². The summed E-state index contributed by atoms with van der Waals surface area (Å²) in [5, 5.41) is 9.53. The minimum Gasteiger partial charge on any atom is -0.477 e. The minimum absolute atomic E-state index is 0.0798. The van der Waals surface area contributed by atoms with Crippen LogP contribution in [0, 0.1) is 5.82 Å². The minimum atomic E-state index is -1.32. The molecule has 2 heterocycles. The first-order valence-corrected chi connectivity index (χ1v) is 9.51. The van der Waals surface area contributed by atoms with Gasteiger partial charge in [0, 0.05) is 44.3 Å². The van der Waals surface area contributed by atoms with Crippen LogP contribution < -0.4 is 10.3 Å². The van der Waals surface area contributed by atoms with Crippen LogP contribution in [0.15, 0.2) is 53.5 Å². The van der Waals surface area contributed by atoms with Gasteiger partial charge in [-0.25, -0.2) is 9.18 Å². The van der Waals surface area contributed by atoms with Crippen molar-refractivity contribution in [2.24, 2.45) is 0 Å². The molecule has 6 nitrogen and oxygen atoms in total. The highest BCUT2D eigenvalue weighted by Gasteiger charge is 2.21. The van der Waals surface area contributed by atoms with Gasteiger partial charge in [0.25, 0.3) is 0 Å². The zero-order valence-corrected chi connectivity index (χ0v) is 16.1. The van der Waals surface area contributed by atoms with E-state index in [0.717, 1.165) is 18.7 Å². The highest BCUT2D eigenvalue weighted by molar-refractivity contribution is 5.93. The number of hydrogen-bond acceptors (Lipinski definition) is 4. The fourth-order valence-electron chi connectivity index (χ4n) is 3.75. The number of anilines is 1. The van der Waals surface area contributed by atoms with Gasteiger partial charge in [-0.1, -0.05) is 30.3 Å². The average molecular weight is 395 g/mol. The second-order valence-electron chi connectivity index (χ2n) is 7.40. The third-order valence-corrected chi connectivity index (χ3v) is 5.42. The lowest BCUT2D eigenvalue weighted by molar-refractivity contribution is 0.0695. The molecule has 3 aromatic rings. The van der Waals surface area contributed by atoms with Crippen LogP contribution >= 0.6 is 0 Å². The zero-order chi connectivity index (χ0) is 20.5. The van der Waals surface area contributed by atoms with Crippen LogP contribution in [0.2, 0.25) is 0 Å². The number of pyridine rings is 1. The van der Waals surface area contributed by atoms with E-state index >= 15 is 0 Å². The average Bonchev–Trinajstić information content (AvgIpc) is 2.71. The van der Waals surface area contributed by atoms with Crippen molar-refractivity contribution in [2.45, 2.75) is 6.54 Å². The number of carboxylic acid groups (broad SMARTS) is 1. The Balaban J connectivity index is 1.89. The monoisotopic (exact) mass is 395 g/mol. The van der Waals surface area contributed by atoms with E-state index < -0.39 is 17.2 Å². The number of nitrogens with zero attached hydrogens (tertiary/aromatic N) is 3. The highest BCUT2D eigenvalue weighted by atomic mass is 19.1. The largest absolute Gasteiger partial charge is 0.477 e. The number of rotatable bonds is 4. The number of benzene rings is 2. The van der Waals surface area contributed by atoms with Gasteiger partial charge in [-0.15, -0.1) is 0 Å². The lowest BCUT2D eigenvalue weighted by atomic mass is 10.1. The van der Waals surface area contributed by atoms with E-state index in [-0.39, 0.29) is 10.9 Å². The second kappa shape index (κ2) is 7.67. The molecule has 7 heteroatoms. The van der Waals surface area contributed by atoms with E-state index in [1.54, 1.807) is 10.6 Å². The summed E-state index contributed by atoms with van der Waals surface area (Å²) in [6.45, 7) is 3.41. The Morgan fingerprint density at radius 3 is 2.45 bits per heavy atom. The van der Waals surface area contributed by atoms with Crippen molar-refractivity contribution in [3.63, 3.8) is 0 Å². The highest BCUT2D eigenvalue weighted by Crippen LogP contribution is 2.26. The molecular weight excluding hydrogens is 373 g/mol. The molecule has 0 amide bonds. The maximum Gasteiger partial charge on any atom is 0.341 e. The first-order chi connectivity index (χ1) is 13.9. The van der Waals surface area contributed by atoms with Gasteiger partial charge in [-0.3, -0.25) is 4.79 Å². The summed E-state index contributed by atoms with van der Waals surface area (Å²) < 4.78 is 16.6. The smallest absolute Gasteiger partial charge is 0.341 e. The van der Waals surface area contributed by atoms with E-state index in [0.29, 0.717) is 30.8 Å². The summed E-state index contributed by atoms with van der Waals surface area (Å²) in [6, 6.07) is 12.4.